The number of aromatic carboxylic acids is 1. The zero-order valence-electron chi connectivity index (χ0n) is 6.96. The van der Waals surface area contributed by atoms with Crippen molar-refractivity contribution in [3.05, 3.63) is 32.9 Å². The molecule has 1 N–H and O–H groups in total. The van der Waals surface area contributed by atoms with E-state index in [1.54, 1.807) is 0 Å². The summed E-state index contributed by atoms with van der Waals surface area (Å²) in [6.07, 6.45) is 0. The summed E-state index contributed by atoms with van der Waals surface area (Å²) in [4.78, 5) is 21.9. The molecule has 0 atom stereocenters. The molecule has 0 fully saturated rings. The van der Waals surface area contributed by atoms with Gasteiger partial charge in [-0.3, -0.25) is 4.79 Å². The molecule has 0 spiro atoms. The average molecular weight is 369 g/mol. The standard InChI is InChI=1S/C9H6BrIO3/c10-4-8(12)6-2-1-5(9(13)14)3-7(6)11/h1-3H,4H2,(H,13,14). The van der Waals surface area contributed by atoms with E-state index in [0.29, 0.717) is 9.13 Å². The van der Waals surface area contributed by atoms with Crippen LogP contribution < -0.4 is 0 Å². The molecule has 0 unspecified atom stereocenters. The molecular weight excluding hydrogens is 363 g/mol. The molecule has 0 radical (unpaired) electrons. The van der Waals surface area contributed by atoms with Crippen LogP contribution in [0, 0.1) is 3.57 Å². The van der Waals surface area contributed by atoms with Crippen molar-refractivity contribution >= 4 is 50.3 Å². The van der Waals surface area contributed by atoms with E-state index < -0.39 is 5.97 Å². The van der Waals surface area contributed by atoms with E-state index in [4.69, 9.17) is 5.11 Å². The molecule has 0 saturated carbocycles. The Balaban J connectivity index is 3.14. The van der Waals surface area contributed by atoms with E-state index >= 15 is 0 Å². The molecule has 0 aliphatic rings. The van der Waals surface area contributed by atoms with Gasteiger partial charge in [-0.15, -0.1) is 0 Å². The Morgan fingerprint density at radius 1 is 1.43 bits per heavy atom. The molecule has 1 aromatic rings. The van der Waals surface area contributed by atoms with Crippen LogP contribution in [0.2, 0.25) is 0 Å². The van der Waals surface area contributed by atoms with Crippen molar-refractivity contribution in [1.29, 1.82) is 0 Å². The van der Waals surface area contributed by atoms with Crippen LogP contribution in [-0.2, 0) is 0 Å². The van der Waals surface area contributed by atoms with Gasteiger partial charge in [0.2, 0.25) is 0 Å². The van der Waals surface area contributed by atoms with E-state index in [1.807, 2.05) is 22.6 Å². The fourth-order valence-corrected chi connectivity index (χ4v) is 2.06. The van der Waals surface area contributed by atoms with Gasteiger partial charge in [0.25, 0.3) is 0 Å². The molecular formula is C9H6BrIO3. The predicted octanol–water partition coefficient (Wildman–Crippen LogP) is 2.57. The van der Waals surface area contributed by atoms with Crippen LogP contribution in [0.3, 0.4) is 0 Å². The molecule has 1 aromatic carbocycles. The number of benzene rings is 1. The van der Waals surface area contributed by atoms with E-state index in [0.717, 1.165) is 0 Å². The minimum Gasteiger partial charge on any atom is -0.478 e. The van der Waals surface area contributed by atoms with Crippen molar-refractivity contribution in [3.8, 4) is 0 Å². The number of alkyl halides is 1. The SMILES string of the molecule is O=C(O)c1ccc(C(=O)CBr)c(I)c1. The minimum absolute atomic E-state index is 0.0497. The number of halogens is 2. The fraction of sp³-hybridized carbons (Fsp3) is 0.111. The Bertz CT molecular complexity index is 390. The Labute approximate surface area is 103 Å². The highest BCUT2D eigenvalue weighted by Gasteiger charge is 2.11. The third-order valence-corrected chi connectivity index (χ3v) is 3.04. The van der Waals surface area contributed by atoms with Gasteiger partial charge in [0.1, 0.15) is 0 Å². The largest absolute Gasteiger partial charge is 0.478 e. The molecule has 0 aromatic heterocycles. The van der Waals surface area contributed by atoms with Gasteiger partial charge < -0.3 is 5.11 Å². The summed E-state index contributed by atoms with van der Waals surface area (Å²) in [6, 6.07) is 4.45. The molecule has 0 aliphatic carbocycles. The maximum absolute atomic E-state index is 11.3. The normalized spacial score (nSPS) is 9.86. The molecule has 0 saturated heterocycles. The van der Waals surface area contributed by atoms with Gasteiger partial charge in [-0.25, -0.2) is 4.79 Å². The van der Waals surface area contributed by atoms with Gasteiger partial charge in [-0.05, 0) is 40.8 Å². The molecule has 0 heterocycles. The number of hydrogen-bond acceptors (Lipinski definition) is 2. The number of carbonyl (C=O) groups excluding carboxylic acids is 1. The Morgan fingerprint density at radius 2 is 2.07 bits per heavy atom. The molecule has 5 heteroatoms. The number of carboxylic acids is 1. The van der Waals surface area contributed by atoms with Gasteiger partial charge in [0.15, 0.2) is 5.78 Å². The highest BCUT2D eigenvalue weighted by molar-refractivity contribution is 14.1. The lowest BCUT2D eigenvalue weighted by atomic mass is 10.1. The molecule has 14 heavy (non-hydrogen) atoms. The highest BCUT2D eigenvalue weighted by atomic mass is 127. The first-order chi connectivity index (χ1) is 6.56. The third-order valence-electron chi connectivity index (χ3n) is 1.64. The molecule has 0 bridgehead atoms. The van der Waals surface area contributed by atoms with Gasteiger partial charge >= 0.3 is 5.97 Å². The highest BCUT2D eigenvalue weighted by Crippen LogP contribution is 2.16. The number of ketones is 1. The van der Waals surface area contributed by atoms with Gasteiger partial charge in [0, 0.05) is 9.13 Å². The van der Waals surface area contributed by atoms with Gasteiger partial charge in [-0.2, -0.15) is 0 Å². The molecule has 0 amide bonds. The minimum atomic E-state index is -0.985. The van der Waals surface area contributed by atoms with Crippen LogP contribution in [0.4, 0.5) is 0 Å². The first-order valence-electron chi connectivity index (χ1n) is 3.68. The van der Waals surface area contributed by atoms with E-state index in [-0.39, 0.29) is 16.7 Å². The number of rotatable bonds is 3. The van der Waals surface area contributed by atoms with Crippen LogP contribution in [0.5, 0.6) is 0 Å². The maximum atomic E-state index is 11.3. The Hall–Kier alpha value is -0.430. The summed E-state index contributed by atoms with van der Waals surface area (Å²) >= 11 is 5.02. The molecule has 74 valence electrons. The second-order valence-corrected chi connectivity index (χ2v) is 4.28. The molecule has 3 nitrogen and oxygen atoms in total. The zero-order valence-corrected chi connectivity index (χ0v) is 10.7. The lowest BCUT2D eigenvalue weighted by molar-refractivity contribution is 0.0696. The van der Waals surface area contributed by atoms with E-state index in [9.17, 15) is 9.59 Å². The van der Waals surface area contributed by atoms with Crippen LogP contribution in [-0.4, -0.2) is 22.2 Å². The first-order valence-corrected chi connectivity index (χ1v) is 5.88. The van der Waals surface area contributed by atoms with E-state index in [2.05, 4.69) is 15.9 Å². The molecule has 0 aliphatic heterocycles. The quantitative estimate of drug-likeness (QED) is 0.507. The van der Waals surface area contributed by atoms with Crippen molar-refractivity contribution in [3.63, 3.8) is 0 Å². The van der Waals surface area contributed by atoms with Crippen LogP contribution in [0.1, 0.15) is 20.7 Å². The van der Waals surface area contributed by atoms with Gasteiger partial charge in [0.05, 0.1) is 10.9 Å². The lowest BCUT2D eigenvalue weighted by Crippen LogP contribution is -2.05. The molecule has 1 rings (SSSR count). The van der Waals surface area contributed by atoms with Crippen LogP contribution >= 0.6 is 38.5 Å². The van der Waals surface area contributed by atoms with Crippen molar-refractivity contribution in [2.24, 2.45) is 0 Å². The summed E-state index contributed by atoms with van der Waals surface area (Å²) in [6.45, 7) is 0. The fourth-order valence-electron chi connectivity index (χ4n) is 0.946. The average Bonchev–Trinajstić information content (AvgIpc) is 2.16. The number of hydrogen-bond donors (Lipinski definition) is 1. The van der Waals surface area contributed by atoms with E-state index in [1.165, 1.54) is 18.2 Å². The second-order valence-electron chi connectivity index (χ2n) is 2.56. The maximum Gasteiger partial charge on any atom is 0.335 e. The summed E-state index contributed by atoms with van der Waals surface area (Å²) in [5.74, 6) is -1.04. The topological polar surface area (TPSA) is 54.4 Å². The van der Waals surface area contributed by atoms with Gasteiger partial charge in [-0.1, -0.05) is 15.9 Å². The Kier molecular flexibility index (Phi) is 4.06. The summed E-state index contributed by atoms with van der Waals surface area (Å²) < 4.78 is 0.659. The first kappa shape index (κ1) is 11.6. The van der Waals surface area contributed by atoms with Crippen molar-refractivity contribution in [1.82, 2.24) is 0 Å². The Morgan fingerprint density at radius 3 is 2.50 bits per heavy atom. The summed E-state index contributed by atoms with van der Waals surface area (Å²) in [5.41, 5.74) is 0.744. The number of carboxylic acid groups (broad SMARTS) is 1. The third kappa shape index (κ3) is 2.54. The number of carbonyl (C=O) groups is 2. The van der Waals surface area contributed by atoms with Crippen molar-refractivity contribution in [2.75, 3.05) is 5.33 Å². The second kappa shape index (κ2) is 4.88. The van der Waals surface area contributed by atoms with Crippen molar-refractivity contribution in [2.45, 2.75) is 0 Å². The summed E-state index contributed by atoms with van der Waals surface area (Å²) in [7, 11) is 0. The monoisotopic (exact) mass is 368 g/mol. The smallest absolute Gasteiger partial charge is 0.335 e. The van der Waals surface area contributed by atoms with Crippen LogP contribution in [0.15, 0.2) is 18.2 Å². The van der Waals surface area contributed by atoms with Crippen molar-refractivity contribution < 1.29 is 14.7 Å². The number of Topliss-reactive ketones (excluding diaryl/α,β-unsaturated/α-hetero) is 1. The lowest BCUT2D eigenvalue weighted by Gasteiger charge is -2.02. The summed E-state index contributed by atoms with van der Waals surface area (Å²) in [5, 5.41) is 8.94. The van der Waals surface area contributed by atoms with Crippen LogP contribution in [0.25, 0.3) is 0 Å². The predicted molar refractivity (Wildman–Crippen MR) is 64.2 cm³/mol. The zero-order chi connectivity index (χ0) is 10.7.